The number of non-ortho nitro benzene ring substituents is 1. The number of amides is 3. The number of nitro benzene ring substituents is 1. The Kier molecular flexibility index (Phi) is 4.79. The van der Waals surface area contributed by atoms with Gasteiger partial charge in [-0.2, -0.15) is 13.2 Å². The van der Waals surface area contributed by atoms with Crippen molar-refractivity contribution >= 4 is 40.4 Å². The number of anilines is 1. The fourth-order valence-corrected chi connectivity index (χ4v) is 5.05. The highest BCUT2D eigenvalue weighted by molar-refractivity contribution is 7.10. The van der Waals surface area contributed by atoms with Crippen LogP contribution in [0.2, 0.25) is 0 Å². The smallest absolute Gasteiger partial charge is 0.300 e. The Labute approximate surface area is 193 Å². The van der Waals surface area contributed by atoms with Crippen LogP contribution in [0, 0.1) is 10.1 Å². The molecule has 0 bridgehead atoms. The lowest BCUT2D eigenvalue weighted by Crippen LogP contribution is -2.67. The van der Waals surface area contributed by atoms with Gasteiger partial charge in [0, 0.05) is 22.7 Å². The fraction of sp³-hybridized carbons (Fsp3) is 0.136. The molecule has 0 radical (unpaired) electrons. The molecule has 0 aliphatic carbocycles. The number of carbonyl (C=O) groups is 3. The number of hydrogen-bond acceptors (Lipinski definition) is 6. The second-order valence-electron chi connectivity index (χ2n) is 7.63. The zero-order valence-corrected chi connectivity index (χ0v) is 17.7. The molecule has 172 valence electrons. The summed E-state index contributed by atoms with van der Waals surface area (Å²) in [5, 5.41) is 12.8. The lowest BCUT2D eigenvalue weighted by atomic mass is 9.90. The second kappa shape index (κ2) is 7.48. The van der Waals surface area contributed by atoms with E-state index in [2.05, 4.69) is 0 Å². The van der Waals surface area contributed by atoms with Gasteiger partial charge in [-0.3, -0.25) is 34.3 Å². The van der Waals surface area contributed by atoms with Gasteiger partial charge in [0.25, 0.3) is 23.4 Å². The predicted octanol–water partition coefficient (Wildman–Crippen LogP) is 4.43. The molecule has 3 amide bonds. The first-order valence-electron chi connectivity index (χ1n) is 9.79. The number of alkyl halides is 3. The van der Waals surface area contributed by atoms with Crippen molar-refractivity contribution < 1.29 is 32.5 Å². The van der Waals surface area contributed by atoms with Crippen molar-refractivity contribution in [2.45, 2.75) is 18.3 Å². The Hall–Kier alpha value is -4.06. The molecule has 1 aromatic heterocycles. The zero-order valence-electron chi connectivity index (χ0n) is 16.9. The molecule has 2 aliphatic heterocycles. The van der Waals surface area contributed by atoms with E-state index in [4.69, 9.17) is 0 Å². The van der Waals surface area contributed by atoms with E-state index >= 15 is 0 Å². The summed E-state index contributed by atoms with van der Waals surface area (Å²) in [5.74, 6) is -2.40. The van der Waals surface area contributed by atoms with E-state index in [0.29, 0.717) is 4.88 Å². The van der Waals surface area contributed by atoms with Gasteiger partial charge in [-0.05, 0) is 35.7 Å². The molecule has 8 nitrogen and oxygen atoms in total. The molecule has 2 unspecified atom stereocenters. The molecule has 34 heavy (non-hydrogen) atoms. The summed E-state index contributed by atoms with van der Waals surface area (Å²) in [5.41, 5.74) is -1.64. The summed E-state index contributed by atoms with van der Waals surface area (Å²) >= 11 is 1.22. The molecule has 0 N–H and O–H groups in total. The van der Waals surface area contributed by atoms with E-state index in [1.807, 2.05) is 0 Å². The maximum Gasteiger partial charge on any atom is 0.416 e. The van der Waals surface area contributed by atoms with Gasteiger partial charge in [-0.1, -0.05) is 12.1 Å². The normalized spacial score (nSPS) is 19.9. The van der Waals surface area contributed by atoms with Crippen LogP contribution in [-0.2, 0) is 11.0 Å². The minimum Gasteiger partial charge on any atom is -0.300 e. The largest absolute Gasteiger partial charge is 0.416 e. The van der Waals surface area contributed by atoms with Gasteiger partial charge in [-0.25, -0.2) is 0 Å². The van der Waals surface area contributed by atoms with Gasteiger partial charge < -0.3 is 0 Å². The summed E-state index contributed by atoms with van der Waals surface area (Å²) in [7, 11) is 0. The van der Waals surface area contributed by atoms with Crippen molar-refractivity contribution in [3.8, 4) is 0 Å². The third-order valence-corrected chi connectivity index (χ3v) is 6.69. The number of carbonyl (C=O) groups excluding carboxylic acids is 3. The zero-order chi connectivity index (χ0) is 24.4. The van der Waals surface area contributed by atoms with Crippen LogP contribution in [-0.4, -0.2) is 33.6 Å². The van der Waals surface area contributed by atoms with Gasteiger partial charge in [0.2, 0.25) is 0 Å². The van der Waals surface area contributed by atoms with Gasteiger partial charge in [0.1, 0.15) is 12.1 Å². The van der Waals surface area contributed by atoms with Crippen LogP contribution in [0.4, 0.5) is 24.5 Å². The van der Waals surface area contributed by atoms with Crippen molar-refractivity contribution in [2.75, 3.05) is 4.90 Å². The maximum atomic E-state index is 13.2. The number of imide groups is 1. The minimum atomic E-state index is -4.63. The van der Waals surface area contributed by atoms with Crippen molar-refractivity contribution in [1.82, 2.24) is 4.90 Å². The number of nitro groups is 1. The quantitative estimate of drug-likeness (QED) is 0.235. The van der Waals surface area contributed by atoms with E-state index in [9.17, 15) is 37.7 Å². The SMILES string of the molecule is O=C1c2ccc([N+](=O)[O-])cc2C(=O)N1C1C(=O)N(c2cccc(C(F)(F)F)c2)C1c1cccs1. The average Bonchev–Trinajstić information content (AvgIpc) is 3.40. The lowest BCUT2D eigenvalue weighted by molar-refractivity contribution is -0.384. The van der Waals surface area contributed by atoms with Crippen LogP contribution >= 0.6 is 11.3 Å². The Bertz CT molecular complexity index is 1370. The highest BCUT2D eigenvalue weighted by atomic mass is 32.1. The number of hydrogen-bond donors (Lipinski definition) is 0. The summed E-state index contributed by atoms with van der Waals surface area (Å²) in [6.45, 7) is 0. The first kappa shape index (κ1) is 21.8. The maximum absolute atomic E-state index is 13.2. The van der Waals surface area contributed by atoms with Crippen molar-refractivity contribution in [1.29, 1.82) is 0 Å². The molecule has 2 aromatic carbocycles. The van der Waals surface area contributed by atoms with E-state index in [-0.39, 0.29) is 22.5 Å². The molecule has 12 heteroatoms. The van der Waals surface area contributed by atoms with E-state index in [0.717, 1.165) is 40.1 Å². The molecule has 2 aliphatic rings. The van der Waals surface area contributed by atoms with Gasteiger partial charge in [-0.15, -0.1) is 11.3 Å². The summed E-state index contributed by atoms with van der Waals surface area (Å²) in [4.78, 5) is 52.1. The van der Waals surface area contributed by atoms with E-state index in [1.165, 1.54) is 23.5 Å². The lowest BCUT2D eigenvalue weighted by Gasteiger charge is -2.49. The topological polar surface area (TPSA) is 101 Å². The Balaban J connectivity index is 1.55. The fourth-order valence-electron chi connectivity index (χ4n) is 4.20. The number of β-lactam (4-membered cyclic amide) rings is 1. The standard InChI is InChI=1S/C22H12F3N3O5S/c23-22(24,25)11-3-1-4-12(9-11)26-17(16-5-2-8-34-16)18(21(26)31)27-19(29)14-7-6-13(28(32)33)10-15(14)20(27)30/h1-10,17-18H. The number of nitrogens with zero attached hydrogens (tertiary/aromatic N) is 3. The first-order chi connectivity index (χ1) is 16.1. The van der Waals surface area contributed by atoms with Gasteiger partial charge in [0.15, 0.2) is 0 Å². The number of fused-ring (bicyclic) bond motifs is 1. The second-order valence-corrected chi connectivity index (χ2v) is 8.61. The third-order valence-electron chi connectivity index (χ3n) is 5.74. The number of halogens is 3. The molecular formula is C22H12F3N3O5S. The molecule has 2 atom stereocenters. The number of benzene rings is 2. The Morgan fingerprint density at radius 1 is 0.882 bits per heavy atom. The van der Waals surface area contributed by atoms with Crippen molar-refractivity contribution in [3.05, 3.63) is 91.7 Å². The Morgan fingerprint density at radius 3 is 2.26 bits per heavy atom. The third kappa shape index (κ3) is 3.17. The predicted molar refractivity (Wildman–Crippen MR) is 113 cm³/mol. The van der Waals surface area contributed by atoms with Crippen LogP contribution in [0.5, 0.6) is 0 Å². The number of thiophene rings is 1. The highest BCUT2D eigenvalue weighted by Crippen LogP contribution is 2.46. The van der Waals surface area contributed by atoms with Crippen LogP contribution < -0.4 is 4.90 Å². The van der Waals surface area contributed by atoms with Crippen LogP contribution in [0.15, 0.2) is 60.0 Å². The van der Waals surface area contributed by atoms with E-state index < -0.39 is 46.5 Å². The van der Waals surface area contributed by atoms with Gasteiger partial charge in [0.05, 0.1) is 21.6 Å². The molecule has 0 spiro atoms. The highest BCUT2D eigenvalue weighted by Gasteiger charge is 2.58. The first-order valence-corrected chi connectivity index (χ1v) is 10.7. The molecule has 5 rings (SSSR count). The monoisotopic (exact) mass is 487 g/mol. The molecule has 3 aromatic rings. The summed E-state index contributed by atoms with van der Waals surface area (Å²) < 4.78 is 39.7. The molecule has 1 saturated heterocycles. The van der Waals surface area contributed by atoms with Crippen LogP contribution in [0.25, 0.3) is 0 Å². The Morgan fingerprint density at radius 2 is 1.62 bits per heavy atom. The molecule has 3 heterocycles. The number of rotatable bonds is 4. The average molecular weight is 487 g/mol. The van der Waals surface area contributed by atoms with Crippen molar-refractivity contribution in [2.24, 2.45) is 0 Å². The van der Waals surface area contributed by atoms with E-state index in [1.54, 1.807) is 17.5 Å². The van der Waals surface area contributed by atoms with Gasteiger partial charge >= 0.3 is 6.18 Å². The molecule has 0 saturated carbocycles. The summed E-state index contributed by atoms with van der Waals surface area (Å²) in [6.07, 6.45) is -4.63. The summed E-state index contributed by atoms with van der Waals surface area (Å²) in [6, 6.07) is 8.55. The molecular weight excluding hydrogens is 475 g/mol. The van der Waals surface area contributed by atoms with Crippen molar-refractivity contribution in [3.63, 3.8) is 0 Å². The molecule has 1 fully saturated rings. The van der Waals surface area contributed by atoms with Crippen LogP contribution in [0.1, 0.15) is 37.2 Å². The van der Waals surface area contributed by atoms with Crippen LogP contribution in [0.3, 0.4) is 0 Å². The minimum absolute atomic E-state index is 0.0262.